The van der Waals surface area contributed by atoms with E-state index in [2.05, 4.69) is 22.4 Å². The second-order valence-electron chi connectivity index (χ2n) is 6.21. The van der Waals surface area contributed by atoms with Crippen LogP contribution in [0, 0.1) is 0 Å². The van der Waals surface area contributed by atoms with Gasteiger partial charge in [0.25, 0.3) is 5.91 Å². The van der Waals surface area contributed by atoms with Crippen LogP contribution in [0.4, 0.5) is 0 Å². The van der Waals surface area contributed by atoms with Gasteiger partial charge in [0.2, 0.25) is 0 Å². The van der Waals surface area contributed by atoms with E-state index in [-0.39, 0.29) is 12.0 Å². The molecule has 6 nitrogen and oxygen atoms in total. The molecular weight excluding hydrogens is 304 g/mol. The van der Waals surface area contributed by atoms with Gasteiger partial charge in [0.05, 0.1) is 12.3 Å². The maximum absolute atomic E-state index is 12.5. The summed E-state index contributed by atoms with van der Waals surface area (Å²) in [6.07, 6.45) is 5.82. The maximum Gasteiger partial charge on any atom is 0.276 e. The summed E-state index contributed by atoms with van der Waals surface area (Å²) in [5.74, 6) is -0.0499. The van der Waals surface area contributed by atoms with E-state index in [0.29, 0.717) is 12.2 Å². The summed E-state index contributed by atoms with van der Waals surface area (Å²) in [5, 5.41) is 8.14. The molecule has 6 heteroatoms. The van der Waals surface area contributed by atoms with Gasteiger partial charge in [-0.1, -0.05) is 35.5 Å². The first kappa shape index (κ1) is 16.6. The van der Waals surface area contributed by atoms with Crippen molar-refractivity contribution in [3.63, 3.8) is 0 Å². The molecule has 1 aromatic carbocycles. The summed E-state index contributed by atoms with van der Waals surface area (Å²) in [6.45, 7) is 2.16. The number of aryl methyl sites for hydroxylation is 2. The molecular formula is C18H24N4O2. The van der Waals surface area contributed by atoms with E-state index in [1.807, 2.05) is 23.1 Å². The van der Waals surface area contributed by atoms with Crippen molar-refractivity contribution in [2.45, 2.75) is 38.3 Å². The van der Waals surface area contributed by atoms with E-state index < -0.39 is 0 Å². The number of carbonyl (C=O) groups is 1. The number of hydrogen-bond donors (Lipinski definition) is 0. The van der Waals surface area contributed by atoms with E-state index in [1.165, 1.54) is 5.56 Å². The summed E-state index contributed by atoms with van der Waals surface area (Å²) in [6, 6.07) is 10.4. The second kappa shape index (κ2) is 8.06. The van der Waals surface area contributed by atoms with Gasteiger partial charge in [-0.3, -0.25) is 9.48 Å². The lowest BCUT2D eigenvalue weighted by atomic mass is 10.1. The quantitative estimate of drug-likeness (QED) is 0.815. The topological polar surface area (TPSA) is 60.2 Å². The Bertz CT molecular complexity index is 656. The van der Waals surface area contributed by atoms with Crippen molar-refractivity contribution in [2.24, 2.45) is 0 Å². The molecule has 128 valence electrons. The molecule has 0 bridgehead atoms. The molecule has 1 atom stereocenters. The van der Waals surface area contributed by atoms with Crippen LogP contribution in [0.1, 0.15) is 35.3 Å². The summed E-state index contributed by atoms with van der Waals surface area (Å²) in [7, 11) is 1.70. The average molecular weight is 328 g/mol. The zero-order chi connectivity index (χ0) is 16.8. The largest absolute Gasteiger partial charge is 0.380 e. The third kappa shape index (κ3) is 4.20. The van der Waals surface area contributed by atoms with Gasteiger partial charge in [-0.05, 0) is 31.2 Å². The molecule has 0 aliphatic carbocycles. The number of ether oxygens (including phenoxy) is 1. The minimum Gasteiger partial charge on any atom is -0.380 e. The minimum atomic E-state index is -0.0499. The van der Waals surface area contributed by atoms with E-state index in [0.717, 1.165) is 38.8 Å². The first-order chi connectivity index (χ1) is 11.8. The van der Waals surface area contributed by atoms with Gasteiger partial charge in [0, 0.05) is 26.7 Å². The Hall–Kier alpha value is -2.21. The molecule has 24 heavy (non-hydrogen) atoms. The van der Waals surface area contributed by atoms with Crippen LogP contribution < -0.4 is 0 Å². The lowest BCUT2D eigenvalue weighted by Gasteiger charge is -2.31. The number of amides is 1. The number of carbonyl (C=O) groups excluding carboxylic acids is 1. The lowest BCUT2D eigenvalue weighted by Crippen LogP contribution is -2.43. The van der Waals surface area contributed by atoms with Crippen LogP contribution in [0.15, 0.2) is 36.5 Å². The Kier molecular flexibility index (Phi) is 5.59. The molecule has 1 fully saturated rings. The monoisotopic (exact) mass is 328 g/mol. The maximum atomic E-state index is 12.5. The molecule has 3 rings (SSSR count). The summed E-state index contributed by atoms with van der Waals surface area (Å²) in [4.78, 5) is 14.3. The molecule has 1 saturated heterocycles. The van der Waals surface area contributed by atoms with Crippen molar-refractivity contribution >= 4 is 5.91 Å². The van der Waals surface area contributed by atoms with Gasteiger partial charge in [-0.15, -0.1) is 5.10 Å². The van der Waals surface area contributed by atoms with Gasteiger partial charge in [-0.25, -0.2) is 0 Å². The van der Waals surface area contributed by atoms with Gasteiger partial charge in [-0.2, -0.15) is 0 Å². The SMILES string of the molecule is CO[C@H]1CCCN(C(=O)c2cn(CCCc3ccccc3)nn2)C1. The van der Waals surface area contributed by atoms with Crippen LogP contribution in [0.25, 0.3) is 0 Å². The van der Waals surface area contributed by atoms with Crippen LogP contribution in [0.3, 0.4) is 0 Å². The van der Waals surface area contributed by atoms with Gasteiger partial charge >= 0.3 is 0 Å². The number of hydrogen-bond acceptors (Lipinski definition) is 4. The zero-order valence-electron chi connectivity index (χ0n) is 14.1. The number of likely N-dealkylation sites (tertiary alicyclic amines) is 1. The molecule has 1 amide bonds. The Morgan fingerprint density at radius 2 is 2.17 bits per heavy atom. The molecule has 2 heterocycles. The van der Waals surface area contributed by atoms with Crippen molar-refractivity contribution in [3.8, 4) is 0 Å². The molecule has 1 aliphatic rings. The average Bonchev–Trinajstić information content (AvgIpc) is 3.11. The molecule has 0 unspecified atom stereocenters. The van der Waals surface area contributed by atoms with Crippen LogP contribution in [0.5, 0.6) is 0 Å². The van der Waals surface area contributed by atoms with Crippen molar-refractivity contribution in [3.05, 3.63) is 47.8 Å². The van der Waals surface area contributed by atoms with E-state index in [9.17, 15) is 4.79 Å². The molecule has 2 aromatic rings. The van der Waals surface area contributed by atoms with Crippen LogP contribution >= 0.6 is 0 Å². The van der Waals surface area contributed by atoms with Crippen molar-refractivity contribution in [2.75, 3.05) is 20.2 Å². The van der Waals surface area contributed by atoms with Gasteiger partial charge in [0.15, 0.2) is 5.69 Å². The van der Waals surface area contributed by atoms with Gasteiger partial charge < -0.3 is 9.64 Å². The van der Waals surface area contributed by atoms with E-state index >= 15 is 0 Å². The molecule has 0 N–H and O–H groups in total. The van der Waals surface area contributed by atoms with Crippen LogP contribution in [-0.2, 0) is 17.7 Å². The van der Waals surface area contributed by atoms with E-state index in [4.69, 9.17) is 4.74 Å². The smallest absolute Gasteiger partial charge is 0.276 e. The molecule has 0 spiro atoms. The highest BCUT2D eigenvalue weighted by Crippen LogP contribution is 2.14. The Balaban J connectivity index is 1.52. The van der Waals surface area contributed by atoms with Crippen LogP contribution in [-0.4, -0.2) is 52.1 Å². The van der Waals surface area contributed by atoms with Crippen molar-refractivity contribution < 1.29 is 9.53 Å². The summed E-state index contributed by atoms with van der Waals surface area (Å²) < 4.78 is 7.13. The first-order valence-corrected chi connectivity index (χ1v) is 8.52. The third-order valence-corrected chi connectivity index (χ3v) is 4.45. The van der Waals surface area contributed by atoms with Crippen molar-refractivity contribution in [1.82, 2.24) is 19.9 Å². The van der Waals surface area contributed by atoms with Crippen LogP contribution in [0.2, 0.25) is 0 Å². The Morgan fingerprint density at radius 1 is 1.33 bits per heavy atom. The molecule has 1 aromatic heterocycles. The standard InChI is InChI=1S/C18H24N4O2/c1-24-16-10-6-11-21(13-16)18(23)17-14-22(20-19-17)12-5-9-15-7-3-2-4-8-15/h2-4,7-8,14,16H,5-6,9-13H2,1H3/t16-/m0/s1. The predicted octanol–water partition coefficient (Wildman–Crippen LogP) is 2.16. The summed E-state index contributed by atoms with van der Waals surface area (Å²) in [5.41, 5.74) is 1.74. The Labute approximate surface area is 142 Å². The number of piperidine rings is 1. The fraction of sp³-hybridized carbons (Fsp3) is 0.500. The molecule has 1 aliphatic heterocycles. The number of rotatable bonds is 6. The summed E-state index contributed by atoms with van der Waals surface area (Å²) >= 11 is 0. The second-order valence-corrected chi connectivity index (χ2v) is 6.21. The highest BCUT2D eigenvalue weighted by molar-refractivity contribution is 5.92. The normalized spacial score (nSPS) is 17.9. The number of aromatic nitrogens is 3. The lowest BCUT2D eigenvalue weighted by molar-refractivity contribution is 0.0265. The number of methoxy groups -OCH3 is 1. The fourth-order valence-corrected chi connectivity index (χ4v) is 3.07. The van der Waals surface area contributed by atoms with Crippen molar-refractivity contribution in [1.29, 1.82) is 0 Å². The highest BCUT2D eigenvalue weighted by Gasteiger charge is 2.25. The Morgan fingerprint density at radius 3 is 2.96 bits per heavy atom. The fourth-order valence-electron chi connectivity index (χ4n) is 3.07. The predicted molar refractivity (Wildman–Crippen MR) is 90.7 cm³/mol. The molecule has 0 radical (unpaired) electrons. The minimum absolute atomic E-state index is 0.0499. The number of benzene rings is 1. The molecule has 0 saturated carbocycles. The van der Waals surface area contributed by atoms with E-state index in [1.54, 1.807) is 18.0 Å². The third-order valence-electron chi connectivity index (χ3n) is 4.45. The first-order valence-electron chi connectivity index (χ1n) is 8.52. The number of nitrogens with zero attached hydrogens (tertiary/aromatic N) is 4. The zero-order valence-corrected chi connectivity index (χ0v) is 14.1. The highest BCUT2D eigenvalue weighted by atomic mass is 16.5. The van der Waals surface area contributed by atoms with Gasteiger partial charge in [0.1, 0.15) is 0 Å².